The van der Waals surface area contributed by atoms with E-state index in [1.165, 1.54) is 16.4 Å². The summed E-state index contributed by atoms with van der Waals surface area (Å²) in [5, 5.41) is 2.77. The lowest BCUT2D eigenvalue weighted by Crippen LogP contribution is -2.40. The Labute approximate surface area is 196 Å². The van der Waals surface area contributed by atoms with Gasteiger partial charge in [0.2, 0.25) is 10.0 Å². The highest BCUT2D eigenvalue weighted by atomic mass is 32.2. The molecule has 0 bridgehead atoms. The standard InChI is InChI=1S/C24H22N2O7S/c1-30-16-6-8-17(9-7-16)32-22-15-21-18(24(27)25-19-4-2-3-5-20(19)33-21)14-23(22)34(28,29)26-10-12-31-13-11-26/h2-9,14-15H,10-13H2,1H3,(H,25,27). The van der Waals surface area contributed by atoms with Crippen molar-refractivity contribution in [3.8, 4) is 28.7 Å². The summed E-state index contributed by atoms with van der Waals surface area (Å²) in [6, 6.07) is 16.5. The number of nitrogens with zero attached hydrogens (tertiary/aromatic N) is 1. The Balaban J connectivity index is 1.63. The van der Waals surface area contributed by atoms with Gasteiger partial charge >= 0.3 is 0 Å². The van der Waals surface area contributed by atoms with Gasteiger partial charge in [0, 0.05) is 19.2 Å². The molecule has 0 spiro atoms. The van der Waals surface area contributed by atoms with Crippen LogP contribution in [0.5, 0.6) is 28.7 Å². The van der Waals surface area contributed by atoms with Crippen molar-refractivity contribution in [2.24, 2.45) is 0 Å². The van der Waals surface area contributed by atoms with Crippen molar-refractivity contribution >= 4 is 21.6 Å². The van der Waals surface area contributed by atoms with Gasteiger partial charge in [-0.1, -0.05) is 12.1 Å². The molecule has 0 radical (unpaired) electrons. The Morgan fingerprint density at radius 3 is 2.38 bits per heavy atom. The molecule has 3 aromatic carbocycles. The summed E-state index contributed by atoms with van der Waals surface area (Å²) in [7, 11) is -2.44. The van der Waals surface area contributed by atoms with E-state index in [0.717, 1.165) is 0 Å². The number of sulfonamides is 1. The maximum atomic E-state index is 13.6. The summed E-state index contributed by atoms with van der Waals surface area (Å²) >= 11 is 0. The Hall–Kier alpha value is -3.60. The SMILES string of the molecule is COc1ccc(Oc2cc3c(cc2S(=O)(=O)N2CCOCC2)C(=O)Nc2ccccc2O3)cc1. The molecule has 9 nitrogen and oxygen atoms in total. The number of morpholine rings is 1. The molecule has 2 heterocycles. The number of ether oxygens (including phenoxy) is 4. The van der Waals surface area contributed by atoms with Crippen LogP contribution in [-0.4, -0.2) is 52.0 Å². The molecule has 5 rings (SSSR count). The second kappa shape index (κ2) is 8.98. The number of benzene rings is 3. The fraction of sp³-hybridized carbons (Fsp3) is 0.208. The van der Waals surface area contributed by atoms with E-state index in [1.807, 2.05) is 0 Å². The highest BCUT2D eigenvalue weighted by Crippen LogP contribution is 2.42. The third-order valence-electron chi connectivity index (χ3n) is 5.52. The normalized spacial score (nSPS) is 15.9. The van der Waals surface area contributed by atoms with Gasteiger partial charge in [0.05, 0.1) is 31.6 Å². The Kier molecular flexibility index (Phi) is 5.86. The fourth-order valence-corrected chi connectivity index (χ4v) is 5.28. The average Bonchev–Trinajstić information content (AvgIpc) is 2.99. The van der Waals surface area contributed by atoms with E-state index in [-0.39, 0.29) is 48.3 Å². The molecule has 1 saturated heterocycles. The molecule has 3 aromatic rings. The van der Waals surface area contributed by atoms with Crippen molar-refractivity contribution < 1.29 is 32.2 Å². The second-order valence-electron chi connectivity index (χ2n) is 7.64. The molecule has 0 atom stereocenters. The zero-order chi connectivity index (χ0) is 23.7. The summed E-state index contributed by atoms with van der Waals surface area (Å²) in [6.07, 6.45) is 0. The number of nitrogens with one attached hydrogen (secondary N) is 1. The minimum absolute atomic E-state index is 0.0441. The number of hydrogen-bond donors (Lipinski definition) is 1. The largest absolute Gasteiger partial charge is 0.497 e. The van der Waals surface area contributed by atoms with E-state index >= 15 is 0 Å². The van der Waals surface area contributed by atoms with Crippen LogP contribution in [0.1, 0.15) is 10.4 Å². The van der Waals surface area contributed by atoms with E-state index in [1.54, 1.807) is 55.6 Å². The van der Waals surface area contributed by atoms with Gasteiger partial charge in [-0.25, -0.2) is 8.42 Å². The Morgan fingerprint density at radius 1 is 0.941 bits per heavy atom. The van der Waals surface area contributed by atoms with Crippen molar-refractivity contribution in [3.63, 3.8) is 0 Å². The number of para-hydroxylation sites is 2. The van der Waals surface area contributed by atoms with E-state index < -0.39 is 15.9 Å². The van der Waals surface area contributed by atoms with Crippen LogP contribution in [0.3, 0.4) is 0 Å². The lowest BCUT2D eigenvalue weighted by molar-refractivity contribution is 0.0729. The summed E-state index contributed by atoms with van der Waals surface area (Å²) in [5.74, 6) is 1.22. The van der Waals surface area contributed by atoms with Gasteiger partial charge in [0.1, 0.15) is 22.1 Å². The molecule has 2 aliphatic heterocycles. The zero-order valence-electron chi connectivity index (χ0n) is 18.3. The summed E-state index contributed by atoms with van der Waals surface area (Å²) in [4.78, 5) is 12.9. The molecule has 0 unspecified atom stereocenters. The molecule has 2 aliphatic rings. The predicted molar refractivity (Wildman–Crippen MR) is 124 cm³/mol. The Bertz CT molecular complexity index is 1330. The molecule has 1 amide bonds. The molecule has 0 aromatic heterocycles. The number of rotatable bonds is 5. The van der Waals surface area contributed by atoms with Gasteiger partial charge in [-0.15, -0.1) is 0 Å². The second-order valence-corrected chi connectivity index (χ2v) is 9.55. The van der Waals surface area contributed by atoms with Crippen LogP contribution in [0.2, 0.25) is 0 Å². The number of fused-ring (bicyclic) bond motifs is 2. The molecule has 34 heavy (non-hydrogen) atoms. The van der Waals surface area contributed by atoms with Gasteiger partial charge in [-0.3, -0.25) is 4.79 Å². The highest BCUT2D eigenvalue weighted by molar-refractivity contribution is 7.89. The van der Waals surface area contributed by atoms with Crippen molar-refractivity contribution in [2.75, 3.05) is 38.7 Å². The first-order valence-electron chi connectivity index (χ1n) is 10.6. The van der Waals surface area contributed by atoms with Crippen LogP contribution in [0.15, 0.2) is 65.6 Å². The minimum atomic E-state index is -3.99. The average molecular weight is 483 g/mol. The lowest BCUT2D eigenvalue weighted by atomic mass is 10.1. The van der Waals surface area contributed by atoms with Crippen molar-refractivity contribution in [1.29, 1.82) is 0 Å². The van der Waals surface area contributed by atoms with Gasteiger partial charge in [-0.05, 0) is 42.5 Å². The molecule has 0 saturated carbocycles. The molecule has 10 heteroatoms. The van der Waals surface area contributed by atoms with Crippen LogP contribution >= 0.6 is 0 Å². The molecular formula is C24H22N2O7S. The van der Waals surface area contributed by atoms with Crippen LogP contribution in [0.25, 0.3) is 0 Å². The van der Waals surface area contributed by atoms with Crippen molar-refractivity contribution in [3.05, 3.63) is 66.2 Å². The predicted octanol–water partition coefficient (Wildman–Crippen LogP) is 3.87. The summed E-state index contributed by atoms with van der Waals surface area (Å²) in [5.41, 5.74) is 0.573. The molecule has 176 valence electrons. The summed E-state index contributed by atoms with van der Waals surface area (Å²) in [6.45, 7) is 0.987. The third-order valence-corrected chi connectivity index (χ3v) is 7.44. The number of anilines is 1. The van der Waals surface area contributed by atoms with E-state index in [4.69, 9.17) is 18.9 Å². The fourth-order valence-electron chi connectivity index (χ4n) is 3.75. The first-order valence-corrected chi connectivity index (χ1v) is 12.1. The lowest BCUT2D eigenvalue weighted by Gasteiger charge is -2.27. The monoisotopic (exact) mass is 482 g/mol. The van der Waals surface area contributed by atoms with Crippen LogP contribution in [-0.2, 0) is 14.8 Å². The van der Waals surface area contributed by atoms with E-state index in [0.29, 0.717) is 22.9 Å². The number of carbonyl (C=O) groups excluding carboxylic acids is 1. The molecule has 0 aliphatic carbocycles. The Morgan fingerprint density at radius 2 is 1.65 bits per heavy atom. The van der Waals surface area contributed by atoms with Crippen LogP contribution < -0.4 is 19.5 Å². The molecular weight excluding hydrogens is 460 g/mol. The van der Waals surface area contributed by atoms with E-state index in [2.05, 4.69) is 5.32 Å². The van der Waals surface area contributed by atoms with E-state index in [9.17, 15) is 13.2 Å². The van der Waals surface area contributed by atoms with Crippen LogP contribution in [0, 0.1) is 0 Å². The minimum Gasteiger partial charge on any atom is -0.497 e. The number of amides is 1. The first kappa shape index (κ1) is 22.2. The number of carbonyl (C=O) groups is 1. The van der Waals surface area contributed by atoms with Gasteiger partial charge in [0.25, 0.3) is 5.91 Å². The topological polar surface area (TPSA) is 103 Å². The maximum absolute atomic E-state index is 13.6. The first-order chi connectivity index (χ1) is 16.5. The summed E-state index contributed by atoms with van der Waals surface area (Å²) < 4.78 is 51.0. The van der Waals surface area contributed by atoms with Gasteiger partial charge in [-0.2, -0.15) is 4.31 Å². The van der Waals surface area contributed by atoms with Crippen LogP contribution in [0.4, 0.5) is 5.69 Å². The number of methoxy groups -OCH3 is 1. The molecule has 1 fully saturated rings. The van der Waals surface area contributed by atoms with Crippen molar-refractivity contribution in [1.82, 2.24) is 4.31 Å². The molecule has 1 N–H and O–H groups in total. The zero-order valence-corrected chi connectivity index (χ0v) is 19.1. The third kappa shape index (κ3) is 4.18. The smallest absolute Gasteiger partial charge is 0.259 e. The quantitative estimate of drug-likeness (QED) is 0.589. The van der Waals surface area contributed by atoms with Crippen molar-refractivity contribution in [2.45, 2.75) is 4.90 Å². The highest BCUT2D eigenvalue weighted by Gasteiger charge is 2.33. The number of hydrogen-bond acceptors (Lipinski definition) is 7. The maximum Gasteiger partial charge on any atom is 0.259 e. The van der Waals surface area contributed by atoms with Gasteiger partial charge < -0.3 is 24.3 Å². The van der Waals surface area contributed by atoms with Gasteiger partial charge in [0.15, 0.2) is 11.5 Å².